The van der Waals surface area contributed by atoms with E-state index in [1.54, 1.807) is 0 Å². The molecule has 0 aromatic heterocycles. The molecule has 0 aliphatic carbocycles. The minimum atomic E-state index is -0.804. The number of Topliss-reactive ketones (excluding diaryl/α,β-unsaturated/α-hetero) is 1. The van der Waals surface area contributed by atoms with Crippen molar-refractivity contribution in [3.8, 4) is 0 Å². The molecular formula is C13H16F2N2O. The molecule has 0 amide bonds. The summed E-state index contributed by atoms with van der Waals surface area (Å²) in [5, 5.41) is 0. The van der Waals surface area contributed by atoms with Gasteiger partial charge in [-0.1, -0.05) is 6.07 Å². The van der Waals surface area contributed by atoms with Crippen LogP contribution in [0.1, 0.15) is 23.2 Å². The second-order valence-corrected chi connectivity index (χ2v) is 4.66. The average Bonchev–Trinajstić information content (AvgIpc) is 2.28. The van der Waals surface area contributed by atoms with Crippen molar-refractivity contribution in [2.75, 3.05) is 19.6 Å². The number of benzene rings is 1. The van der Waals surface area contributed by atoms with Gasteiger partial charge < -0.3 is 5.73 Å². The van der Waals surface area contributed by atoms with Gasteiger partial charge in [0.05, 0.1) is 12.1 Å². The fraction of sp³-hybridized carbons (Fsp3) is 0.462. The molecule has 18 heavy (non-hydrogen) atoms. The zero-order valence-electron chi connectivity index (χ0n) is 10.0. The Morgan fingerprint density at radius 1 is 1.39 bits per heavy atom. The minimum Gasteiger partial charge on any atom is -0.327 e. The van der Waals surface area contributed by atoms with Crippen LogP contribution >= 0.6 is 0 Å². The predicted molar refractivity (Wildman–Crippen MR) is 64.3 cm³/mol. The Morgan fingerprint density at radius 2 is 2.06 bits per heavy atom. The summed E-state index contributed by atoms with van der Waals surface area (Å²) in [6, 6.07) is 3.48. The number of piperidine rings is 1. The minimum absolute atomic E-state index is 0.0194. The van der Waals surface area contributed by atoms with E-state index < -0.39 is 23.0 Å². The number of nitrogens with two attached hydrogens (primary N) is 1. The Morgan fingerprint density at radius 3 is 2.67 bits per heavy atom. The molecule has 2 rings (SSSR count). The van der Waals surface area contributed by atoms with Crippen molar-refractivity contribution in [3.63, 3.8) is 0 Å². The monoisotopic (exact) mass is 254 g/mol. The molecule has 1 heterocycles. The second-order valence-electron chi connectivity index (χ2n) is 4.66. The summed E-state index contributed by atoms with van der Waals surface area (Å²) in [5.41, 5.74) is 5.35. The number of likely N-dealkylation sites (tertiary alicyclic amines) is 1. The van der Waals surface area contributed by atoms with Crippen LogP contribution < -0.4 is 5.73 Å². The molecule has 0 bridgehead atoms. The Balaban J connectivity index is 2.07. The lowest BCUT2D eigenvalue weighted by atomic mass is 10.0. The predicted octanol–water partition coefficient (Wildman–Crippen LogP) is 1.57. The van der Waals surface area contributed by atoms with E-state index in [1.807, 2.05) is 4.90 Å². The summed E-state index contributed by atoms with van der Waals surface area (Å²) < 4.78 is 26.9. The lowest BCUT2D eigenvalue weighted by Crippen LogP contribution is -2.44. The molecule has 1 unspecified atom stereocenters. The summed E-state index contributed by atoms with van der Waals surface area (Å²) >= 11 is 0. The number of carbonyl (C=O) groups is 1. The van der Waals surface area contributed by atoms with E-state index in [1.165, 1.54) is 6.07 Å². The van der Waals surface area contributed by atoms with Crippen molar-refractivity contribution >= 4 is 5.78 Å². The first-order valence-electron chi connectivity index (χ1n) is 6.03. The van der Waals surface area contributed by atoms with Crippen molar-refractivity contribution in [2.24, 2.45) is 5.73 Å². The molecule has 0 saturated carbocycles. The van der Waals surface area contributed by atoms with Gasteiger partial charge in [-0.3, -0.25) is 9.69 Å². The van der Waals surface area contributed by atoms with Gasteiger partial charge >= 0.3 is 0 Å². The van der Waals surface area contributed by atoms with Gasteiger partial charge in [0.2, 0.25) is 0 Å². The van der Waals surface area contributed by atoms with Crippen LogP contribution in [0.4, 0.5) is 8.78 Å². The van der Waals surface area contributed by atoms with Crippen molar-refractivity contribution in [2.45, 2.75) is 18.9 Å². The summed E-state index contributed by atoms with van der Waals surface area (Å²) in [5.74, 6) is -2.14. The maximum atomic E-state index is 13.4. The number of halogens is 2. The summed E-state index contributed by atoms with van der Waals surface area (Å²) in [6.07, 6.45) is 1.84. The van der Waals surface area contributed by atoms with E-state index >= 15 is 0 Å². The molecule has 1 aliphatic rings. The van der Waals surface area contributed by atoms with E-state index in [0.29, 0.717) is 6.54 Å². The van der Waals surface area contributed by atoms with E-state index in [9.17, 15) is 13.6 Å². The lowest BCUT2D eigenvalue weighted by molar-refractivity contribution is 0.0900. The first-order chi connectivity index (χ1) is 8.58. The highest BCUT2D eigenvalue weighted by atomic mass is 19.1. The van der Waals surface area contributed by atoms with Crippen LogP contribution in [-0.4, -0.2) is 36.4 Å². The van der Waals surface area contributed by atoms with Crippen molar-refractivity contribution in [3.05, 3.63) is 35.4 Å². The smallest absolute Gasteiger partial charge is 0.182 e. The molecule has 1 aromatic rings. The van der Waals surface area contributed by atoms with E-state index in [2.05, 4.69) is 0 Å². The Labute approximate surface area is 105 Å². The van der Waals surface area contributed by atoms with E-state index in [-0.39, 0.29) is 12.6 Å². The molecule has 1 saturated heterocycles. The third-order valence-corrected chi connectivity index (χ3v) is 3.15. The highest BCUT2D eigenvalue weighted by Gasteiger charge is 2.22. The molecule has 0 spiro atoms. The van der Waals surface area contributed by atoms with Crippen LogP contribution in [0.15, 0.2) is 18.2 Å². The maximum absolute atomic E-state index is 13.4. The fourth-order valence-electron chi connectivity index (χ4n) is 2.28. The standard InChI is InChI=1S/C13H16F2N2O/c14-10-4-1-5-11(15)13(10)12(18)8-17-6-2-3-9(16)7-17/h1,4-5,9H,2-3,6-8,16H2. The first-order valence-corrected chi connectivity index (χ1v) is 6.03. The number of nitrogens with zero attached hydrogens (tertiary/aromatic N) is 1. The molecule has 3 nitrogen and oxygen atoms in total. The van der Waals surface area contributed by atoms with Crippen LogP contribution in [0, 0.1) is 11.6 Å². The van der Waals surface area contributed by atoms with Crippen LogP contribution in [0.2, 0.25) is 0 Å². The normalized spacial score (nSPS) is 20.9. The fourth-order valence-corrected chi connectivity index (χ4v) is 2.28. The average molecular weight is 254 g/mol. The third kappa shape index (κ3) is 2.91. The highest BCUT2D eigenvalue weighted by molar-refractivity contribution is 5.98. The Bertz CT molecular complexity index is 430. The van der Waals surface area contributed by atoms with Gasteiger partial charge in [0.25, 0.3) is 0 Å². The quantitative estimate of drug-likeness (QED) is 0.833. The summed E-state index contributed by atoms with van der Waals surface area (Å²) in [7, 11) is 0. The molecule has 1 atom stereocenters. The van der Waals surface area contributed by atoms with Crippen molar-refractivity contribution < 1.29 is 13.6 Å². The number of hydrogen-bond donors (Lipinski definition) is 1. The van der Waals surface area contributed by atoms with Gasteiger partial charge in [-0.15, -0.1) is 0 Å². The van der Waals surface area contributed by atoms with Gasteiger partial charge in [-0.05, 0) is 31.5 Å². The van der Waals surface area contributed by atoms with Gasteiger partial charge in [0, 0.05) is 12.6 Å². The second kappa shape index (κ2) is 5.54. The van der Waals surface area contributed by atoms with Gasteiger partial charge in [-0.25, -0.2) is 8.78 Å². The molecular weight excluding hydrogens is 238 g/mol. The van der Waals surface area contributed by atoms with Crippen molar-refractivity contribution in [1.82, 2.24) is 4.90 Å². The molecule has 0 radical (unpaired) electrons. The molecule has 5 heteroatoms. The Hall–Kier alpha value is -1.33. The molecule has 1 fully saturated rings. The van der Waals surface area contributed by atoms with Gasteiger partial charge in [0.1, 0.15) is 11.6 Å². The summed E-state index contributed by atoms with van der Waals surface area (Å²) in [4.78, 5) is 13.7. The maximum Gasteiger partial charge on any atom is 0.182 e. The van der Waals surface area contributed by atoms with Crippen LogP contribution in [0.5, 0.6) is 0 Å². The Kier molecular flexibility index (Phi) is 4.04. The molecule has 98 valence electrons. The number of ketones is 1. The zero-order chi connectivity index (χ0) is 13.1. The van der Waals surface area contributed by atoms with Crippen LogP contribution in [0.25, 0.3) is 0 Å². The SMILES string of the molecule is NC1CCCN(CC(=O)c2c(F)cccc2F)C1. The zero-order valence-corrected chi connectivity index (χ0v) is 10.0. The van der Waals surface area contributed by atoms with E-state index in [0.717, 1.165) is 31.5 Å². The number of rotatable bonds is 3. The van der Waals surface area contributed by atoms with E-state index in [4.69, 9.17) is 5.73 Å². The van der Waals surface area contributed by atoms with Gasteiger partial charge in [0.15, 0.2) is 5.78 Å². The highest BCUT2D eigenvalue weighted by Crippen LogP contribution is 2.15. The molecule has 2 N–H and O–H groups in total. The number of carbonyl (C=O) groups excluding carboxylic acids is 1. The number of hydrogen-bond acceptors (Lipinski definition) is 3. The van der Waals surface area contributed by atoms with Crippen LogP contribution in [0.3, 0.4) is 0 Å². The van der Waals surface area contributed by atoms with Crippen LogP contribution in [-0.2, 0) is 0 Å². The largest absolute Gasteiger partial charge is 0.327 e. The molecule has 1 aromatic carbocycles. The lowest BCUT2D eigenvalue weighted by Gasteiger charge is -2.30. The first kappa shape index (κ1) is 13.1. The topological polar surface area (TPSA) is 46.3 Å². The third-order valence-electron chi connectivity index (χ3n) is 3.15. The summed E-state index contributed by atoms with van der Waals surface area (Å²) in [6.45, 7) is 1.36. The van der Waals surface area contributed by atoms with Gasteiger partial charge in [-0.2, -0.15) is 0 Å². The molecule has 1 aliphatic heterocycles. The van der Waals surface area contributed by atoms with Crippen molar-refractivity contribution in [1.29, 1.82) is 0 Å².